The quantitative estimate of drug-likeness (QED) is 0.877. The number of fused-ring (bicyclic) bond motifs is 1. The summed E-state index contributed by atoms with van der Waals surface area (Å²) in [6, 6.07) is 11.4. The summed E-state index contributed by atoms with van der Waals surface area (Å²) in [5, 5.41) is 3.08. The van der Waals surface area contributed by atoms with Crippen LogP contribution < -0.4 is 5.32 Å². The monoisotopic (exact) mass is 241 g/mol. The molecule has 1 aromatic carbocycles. The molecule has 2 aromatic rings. The van der Waals surface area contributed by atoms with Gasteiger partial charge in [-0.3, -0.25) is 4.79 Å². The van der Waals surface area contributed by atoms with Crippen LogP contribution in [0, 0.1) is 0 Å². The van der Waals surface area contributed by atoms with Gasteiger partial charge in [0.15, 0.2) is 0 Å². The van der Waals surface area contributed by atoms with E-state index in [0.29, 0.717) is 5.56 Å². The van der Waals surface area contributed by atoms with Crippen molar-refractivity contribution in [2.24, 2.45) is 0 Å². The highest BCUT2D eigenvalue weighted by molar-refractivity contribution is 5.94. The largest absolute Gasteiger partial charge is 0.469 e. The summed E-state index contributed by atoms with van der Waals surface area (Å²) in [7, 11) is 0. The number of nitrogens with one attached hydrogen (secondary N) is 1. The zero-order valence-corrected chi connectivity index (χ0v) is 10.1. The van der Waals surface area contributed by atoms with Crippen LogP contribution in [0.5, 0.6) is 0 Å². The van der Waals surface area contributed by atoms with E-state index in [4.69, 9.17) is 4.42 Å². The third-order valence-corrected chi connectivity index (χ3v) is 3.39. The Morgan fingerprint density at radius 2 is 2.06 bits per heavy atom. The van der Waals surface area contributed by atoms with Crippen molar-refractivity contribution in [2.75, 3.05) is 0 Å². The third-order valence-electron chi connectivity index (χ3n) is 3.39. The molecule has 1 heterocycles. The lowest BCUT2D eigenvalue weighted by molar-refractivity contribution is 0.0932. The molecule has 1 N–H and O–H groups in total. The van der Waals surface area contributed by atoms with E-state index >= 15 is 0 Å². The van der Waals surface area contributed by atoms with Crippen LogP contribution in [-0.4, -0.2) is 5.91 Å². The topological polar surface area (TPSA) is 42.2 Å². The molecule has 1 aliphatic carbocycles. The van der Waals surface area contributed by atoms with Crippen LogP contribution in [0.4, 0.5) is 0 Å². The van der Waals surface area contributed by atoms with Crippen LogP contribution in [0.1, 0.15) is 40.6 Å². The lowest BCUT2D eigenvalue weighted by atomic mass is 9.93. The molecule has 0 spiro atoms. The van der Waals surface area contributed by atoms with Crippen molar-refractivity contribution in [3.8, 4) is 0 Å². The van der Waals surface area contributed by atoms with Gasteiger partial charge in [0.1, 0.15) is 5.76 Å². The van der Waals surface area contributed by atoms with Gasteiger partial charge >= 0.3 is 0 Å². The minimum absolute atomic E-state index is 0.0188. The Morgan fingerprint density at radius 3 is 2.89 bits per heavy atom. The fourth-order valence-corrected chi connectivity index (χ4v) is 2.47. The molecule has 92 valence electrons. The van der Waals surface area contributed by atoms with Gasteiger partial charge in [-0.15, -0.1) is 0 Å². The van der Waals surface area contributed by atoms with Gasteiger partial charge in [-0.25, -0.2) is 0 Å². The number of amides is 1. The normalized spacial score (nSPS) is 18.1. The predicted molar refractivity (Wildman–Crippen MR) is 68.3 cm³/mol. The summed E-state index contributed by atoms with van der Waals surface area (Å²) in [6.07, 6.45) is 4.71. The van der Waals surface area contributed by atoms with E-state index < -0.39 is 0 Å². The van der Waals surface area contributed by atoms with Crippen molar-refractivity contribution in [3.63, 3.8) is 0 Å². The van der Waals surface area contributed by atoms with Gasteiger partial charge in [0.05, 0.1) is 12.3 Å². The maximum Gasteiger partial charge on any atom is 0.251 e. The maximum atomic E-state index is 12.1. The van der Waals surface area contributed by atoms with Crippen LogP contribution in [-0.2, 0) is 6.42 Å². The van der Waals surface area contributed by atoms with Crippen molar-refractivity contribution >= 4 is 5.91 Å². The molecule has 1 aromatic heterocycles. The number of hydrogen-bond donors (Lipinski definition) is 1. The second kappa shape index (κ2) is 4.69. The van der Waals surface area contributed by atoms with Crippen molar-refractivity contribution < 1.29 is 9.21 Å². The van der Waals surface area contributed by atoms with Crippen molar-refractivity contribution in [2.45, 2.75) is 25.3 Å². The van der Waals surface area contributed by atoms with Crippen LogP contribution in [0.15, 0.2) is 47.1 Å². The molecule has 0 saturated carbocycles. The summed E-state index contributed by atoms with van der Waals surface area (Å²) in [6.45, 7) is 0. The van der Waals surface area contributed by atoms with Gasteiger partial charge in [-0.1, -0.05) is 18.2 Å². The highest BCUT2D eigenvalue weighted by Crippen LogP contribution is 2.30. The number of furan rings is 1. The molecule has 18 heavy (non-hydrogen) atoms. The standard InChI is InChI=1S/C15H15NO2/c17-15(11-5-2-1-3-6-11)16-13-7-4-8-14-12(13)9-10-18-14/h1-3,5-6,9-10,13H,4,7-8H2,(H,16,17)/t13-/m1/s1. The second-order valence-corrected chi connectivity index (χ2v) is 4.58. The zero-order chi connectivity index (χ0) is 12.4. The molecule has 3 rings (SSSR count). The minimum Gasteiger partial charge on any atom is -0.469 e. The summed E-state index contributed by atoms with van der Waals surface area (Å²) in [5.41, 5.74) is 1.83. The summed E-state index contributed by atoms with van der Waals surface area (Å²) in [4.78, 5) is 12.1. The van der Waals surface area contributed by atoms with Gasteiger partial charge in [0.25, 0.3) is 5.91 Å². The van der Waals surface area contributed by atoms with Crippen LogP contribution in [0.3, 0.4) is 0 Å². The zero-order valence-electron chi connectivity index (χ0n) is 10.1. The Kier molecular flexibility index (Phi) is 2.89. The van der Waals surface area contributed by atoms with E-state index in [9.17, 15) is 4.79 Å². The van der Waals surface area contributed by atoms with Gasteiger partial charge in [0, 0.05) is 17.5 Å². The molecule has 0 fully saturated rings. The smallest absolute Gasteiger partial charge is 0.251 e. The second-order valence-electron chi connectivity index (χ2n) is 4.58. The van der Waals surface area contributed by atoms with E-state index in [1.807, 2.05) is 36.4 Å². The van der Waals surface area contributed by atoms with Gasteiger partial charge in [-0.05, 0) is 31.0 Å². The molecule has 3 heteroatoms. The highest BCUT2D eigenvalue weighted by atomic mass is 16.3. The van der Waals surface area contributed by atoms with Crippen molar-refractivity contribution in [1.29, 1.82) is 0 Å². The lowest BCUT2D eigenvalue weighted by Crippen LogP contribution is -2.30. The molecule has 1 aliphatic rings. The van der Waals surface area contributed by atoms with E-state index in [0.717, 1.165) is 30.6 Å². The van der Waals surface area contributed by atoms with E-state index in [1.165, 1.54) is 0 Å². The van der Waals surface area contributed by atoms with Gasteiger partial charge < -0.3 is 9.73 Å². The van der Waals surface area contributed by atoms with E-state index in [2.05, 4.69) is 5.32 Å². The van der Waals surface area contributed by atoms with Crippen molar-refractivity contribution in [1.82, 2.24) is 5.32 Å². The molecule has 0 saturated heterocycles. The van der Waals surface area contributed by atoms with E-state index in [-0.39, 0.29) is 11.9 Å². The molecule has 3 nitrogen and oxygen atoms in total. The third kappa shape index (κ3) is 2.04. The summed E-state index contributed by atoms with van der Waals surface area (Å²) >= 11 is 0. The number of carbonyl (C=O) groups is 1. The first-order chi connectivity index (χ1) is 8.84. The Balaban J connectivity index is 1.77. The first-order valence-corrected chi connectivity index (χ1v) is 6.27. The van der Waals surface area contributed by atoms with Crippen LogP contribution >= 0.6 is 0 Å². The Hall–Kier alpha value is -2.03. The fraction of sp³-hybridized carbons (Fsp3) is 0.267. The molecule has 0 aliphatic heterocycles. The average Bonchev–Trinajstić information content (AvgIpc) is 2.89. The summed E-state index contributed by atoms with van der Waals surface area (Å²) < 4.78 is 5.42. The average molecular weight is 241 g/mol. The number of benzene rings is 1. The highest BCUT2D eigenvalue weighted by Gasteiger charge is 2.24. The van der Waals surface area contributed by atoms with Crippen molar-refractivity contribution in [3.05, 3.63) is 59.5 Å². The minimum atomic E-state index is -0.0188. The fourth-order valence-electron chi connectivity index (χ4n) is 2.47. The first-order valence-electron chi connectivity index (χ1n) is 6.27. The molecule has 0 radical (unpaired) electrons. The number of hydrogen-bond acceptors (Lipinski definition) is 2. The van der Waals surface area contributed by atoms with Gasteiger partial charge in [-0.2, -0.15) is 0 Å². The molecular weight excluding hydrogens is 226 g/mol. The van der Waals surface area contributed by atoms with Crippen LogP contribution in [0.2, 0.25) is 0 Å². The Bertz CT molecular complexity index is 545. The predicted octanol–water partition coefficient (Wildman–Crippen LogP) is 3.09. The number of rotatable bonds is 2. The molecular formula is C15H15NO2. The molecule has 0 unspecified atom stereocenters. The Labute approximate surface area is 106 Å². The Morgan fingerprint density at radius 1 is 1.22 bits per heavy atom. The van der Waals surface area contributed by atoms with E-state index in [1.54, 1.807) is 6.26 Å². The molecule has 0 bridgehead atoms. The molecule has 1 atom stereocenters. The summed E-state index contributed by atoms with van der Waals surface area (Å²) in [5.74, 6) is 0.995. The first kappa shape index (κ1) is 11.1. The lowest BCUT2D eigenvalue weighted by Gasteiger charge is -2.22. The van der Waals surface area contributed by atoms with Gasteiger partial charge in [0.2, 0.25) is 0 Å². The number of carbonyl (C=O) groups excluding carboxylic acids is 1. The number of aryl methyl sites for hydroxylation is 1. The maximum absolute atomic E-state index is 12.1. The SMILES string of the molecule is O=C(N[C@@H]1CCCc2occc21)c1ccccc1. The molecule has 1 amide bonds. The van der Waals surface area contributed by atoms with Crippen LogP contribution in [0.25, 0.3) is 0 Å².